The minimum absolute atomic E-state index is 0. The molecule has 3 nitrogen and oxygen atoms in total. The van der Waals surface area contributed by atoms with E-state index < -0.39 is 0 Å². The van der Waals surface area contributed by atoms with Gasteiger partial charge in [0.25, 0.3) is 0 Å². The molecule has 4 heteroatoms. The van der Waals surface area contributed by atoms with Crippen LogP contribution in [0.25, 0.3) is 32.4 Å². The fourth-order valence-corrected chi connectivity index (χ4v) is 8.77. The number of fused-ring (bicyclic) bond motifs is 6. The molecule has 45 heavy (non-hydrogen) atoms. The van der Waals surface area contributed by atoms with Crippen LogP contribution in [0.2, 0.25) is 0 Å². The number of rotatable bonds is 8. The van der Waals surface area contributed by atoms with E-state index in [1.165, 1.54) is 76.0 Å². The van der Waals surface area contributed by atoms with Crippen molar-refractivity contribution in [2.24, 2.45) is 11.8 Å². The molecule has 0 aliphatic carbocycles. The maximum Gasteiger partial charge on any atom is 0.135 e. The molecule has 3 aliphatic rings. The number of nitrogens with zero attached hydrogens (tertiary/aromatic N) is 2. The van der Waals surface area contributed by atoms with Crippen LogP contribution in [0.3, 0.4) is 0 Å². The maximum atomic E-state index is 7.18. The predicted molar refractivity (Wildman–Crippen MR) is 181 cm³/mol. The lowest BCUT2D eigenvalue weighted by atomic mass is 9.70. The Kier molecular flexibility index (Phi) is 8.48. The molecule has 3 aliphatic heterocycles. The van der Waals surface area contributed by atoms with Crippen molar-refractivity contribution in [2.45, 2.75) is 51.5 Å². The van der Waals surface area contributed by atoms with Gasteiger partial charge in [0.05, 0.1) is 25.2 Å². The van der Waals surface area contributed by atoms with Crippen molar-refractivity contribution in [1.82, 2.24) is 4.98 Å². The number of aromatic nitrogens is 1. The van der Waals surface area contributed by atoms with Crippen LogP contribution in [0.5, 0.6) is 0 Å². The Morgan fingerprint density at radius 1 is 0.800 bits per heavy atom. The van der Waals surface area contributed by atoms with Crippen molar-refractivity contribution < 1.29 is 26.2 Å². The average molecular weight is 658 g/mol. The van der Waals surface area contributed by atoms with Crippen molar-refractivity contribution in [3.8, 4) is 0 Å². The summed E-state index contributed by atoms with van der Waals surface area (Å²) < 4.78 is 8.26. The third-order valence-corrected chi connectivity index (χ3v) is 10.9. The van der Waals surface area contributed by atoms with E-state index in [2.05, 4.69) is 122 Å². The van der Waals surface area contributed by atoms with Crippen molar-refractivity contribution >= 4 is 32.4 Å². The van der Waals surface area contributed by atoms with Crippen LogP contribution >= 0.6 is 0 Å². The molecular formula is C41H41BrN2O. The standard InChI is InChI=1S/C41H41N2O.BrH/c1-2-30-26-43(27-38-34-16-8-6-14-32(34)24-33-15-7-9-17-35(33)38)23-21-31(30)25-40(43)41(44-28-29-12-4-3-5-13-29)37-20-22-42-39-19-11-10-18-36(37)39;/h3-20,22,24,30-31,40-41H,2,21,23,25-28H2,1H3;1H/q+1;/p-1/t30-,31-,40-,41+,43?;/m0./s1. The molecule has 0 N–H and O–H groups in total. The first-order valence-corrected chi connectivity index (χ1v) is 16.5. The lowest BCUT2D eigenvalue weighted by Gasteiger charge is -2.59. The molecule has 1 unspecified atom stereocenters. The molecule has 6 aromatic rings. The molecule has 5 aromatic carbocycles. The Hall–Kier alpha value is -3.57. The molecule has 1 aromatic heterocycles. The van der Waals surface area contributed by atoms with Crippen molar-refractivity contribution in [1.29, 1.82) is 0 Å². The quantitative estimate of drug-likeness (QED) is 0.135. The highest BCUT2D eigenvalue weighted by Crippen LogP contribution is 2.50. The zero-order valence-electron chi connectivity index (χ0n) is 26.0. The van der Waals surface area contributed by atoms with Crippen molar-refractivity contribution in [2.75, 3.05) is 13.1 Å². The molecule has 5 atom stereocenters. The van der Waals surface area contributed by atoms with Gasteiger partial charge in [-0.25, -0.2) is 0 Å². The summed E-state index contributed by atoms with van der Waals surface area (Å²) in [5.41, 5.74) is 5.06. The SMILES string of the molecule is CC[C@H]1C[N+]2(Cc3c4ccccc4cc4ccccc34)CC[C@H]1C[C@H]2[C@H](OCc1ccccc1)c1ccnc2ccccc12.[Br-]. The highest BCUT2D eigenvalue weighted by atomic mass is 79.9. The number of para-hydroxylation sites is 1. The summed E-state index contributed by atoms with van der Waals surface area (Å²) in [6.07, 6.45) is 5.73. The van der Waals surface area contributed by atoms with Gasteiger partial charge in [0, 0.05) is 35.9 Å². The van der Waals surface area contributed by atoms with Crippen LogP contribution in [0, 0.1) is 11.8 Å². The van der Waals surface area contributed by atoms with Crippen LogP contribution in [-0.4, -0.2) is 28.6 Å². The Morgan fingerprint density at radius 3 is 2.20 bits per heavy atom. The lowest BCUT2D eigenvalue weighted by Crippen LogP contribution is -3.00. The minimum atomic E-state index is -0.0232. The van der Waals surface area contributed by atoms with Crippen LogP contribution in [-0.2, 0) is 17.9 Å². The van der Waals surface area contributed by atoms with Crippen LogP contribution in [0.1, 0.15) is 49.0 Å². The Bertz CT molecular complexity index is 1880. The summed E-state index contributed by atoms with van der Waals surface area (Å²) in [5, 5.41) is 6.69. The second-order valence-corrected chi connectivity index (χ2v) is 13.2. The molecule has 3 saturated heterocycles. The van der Waals surface area contributed by atoms with E-state index in [0.29, 0.717) is 12.6 Å². The van der Waals surface area contributed by atoms with Gasteiger partial charge in [-0.05, 0) is 63.2 Å². The van der Waals surface area contributed by atoms with Gasteiger partial charge in [-0.3, -0.25) is 4.98 Å². The fraction of sp³-hybridized carbons (Fsp3) is 0.293. The molecule has 0 radical (unpaired) electrons. The lowest BCUT2D eigenvalue weighted by molar-refractivity contribution is -0.985. The summed E-state index contributed by atoms with van der Waals surface area (Å²) in [5.74, 6) is 1.51. The fourth-order valence-electron chi connectivity index (χ4n) is 8.77. The summed E-state index contributed by atoms with van der Waals surface area (Å²) in [6, 6.07) is 42.3. The van der Waals surface area contributed by atoms with Crippen LogP contribution < -0.4 is 17.0 Å². The predicted octanol–water partition coefficient (Wildman–Crippen LogP) is 6.64. The summed E-state index contributed by atoms with van der Waals surface area (Å²) in [7, 11) is 0. The number of pyridine rings is 1. The van der Waals surface area contributed by atoms with Gasteiger partial charge in [0.15, 0.2) is 0 Å². The second kappa shape index (κ2) is 12.7. The zero-order valence-corrected chi connectivity index (χ0v) is 27.6. The normalized spacial score (nSPS) is 23.3. The number of ether oxygens (including phenoxy) is 1. The first-order chi connectivity index (χ1) is 21.7. The summed E-state index contributed by atoms with van der Waals surface area (Å²) in [6.45, 7) is 6.47. The molecule has 2 bridgehead atoms. The molecule has 228 valence electrons. The largest absolute Gasteiger partial charge is 1.00 e. The molecule has 3 fully saturated rings. The minimum Gasteiger partial charge on any atom is -1.00 e. The van der Waals surface area contributed by atoms with Gasteiger partial charge in [0.2, 0.25) is 0 Å². The number of halogens is 1. The third kappa shape index (κ3) is 5.48. The molecule has 9 rings (SSSR count). The van der Waals surface area contributed by atoms with E-state index >= 15 is 0 Å². The van der Waals surface area contributed by atoms with Gasteiger partial charge in [-0.15, -0.1) is 0 Å². The summed E-state index contributed by atoms with van der Waals surface area (Å²) >= 11 is 0. The zero-order chi connectivity index (χ0) is 29.5. The highest BCUT2D eigenvalue weighted by Gasteiger charge is 2.55. The number of benzene rings is 5. The van der Waals surface area contributed by atoms with Crippen molar-refractivity contribution in [3.63, 3.8) is 0 Å². The van der Waals surface area contributed by atoms with Gasteiger partial charge in [-0.1, -0.05) is 104 Å². The van der Waals surface area contributed by atoms with E-state index in [9.17, 15) is 0 Å². The monoisotopic (exact) mass is 656 g/mol. The Labute approximate surface area is 277 Å². The Balaban J connectivity index is 0.00000325. The van der Waals surface area contributed by atoms with E-state index in [1.807, 2.05) is 6.20 Å². The van der Waals surface area contributed by atoms with Gasteiger partial charge in [0.1, 0.15) is 18.7 Å². The van der Waals surface area contributed by atoms with E-state index in [-0.39, 0.29) is 23.1 Å². The average Bonchev–Trinajstić information content (AvgIpc) is 3.09. The Morgan fingerprint density at radius 2 is 1.47 bits per heavy atom. The maximum absolute atomic E-state index is 7.18. The number of quaternary nitrogens is 1. The number of piperidine rings is 3. The van der Waals surface area contributed by atoms with E-state index in [0.717, 1.165) is 28.4 Å². The highest BCUT2D eigenvalue weighted by molar-refractivity contribution is 6.02. The topological polar surface area (TPSA) is 22.1 Å². The smallest absolute Gasteiger partial charge is 0.135 e. The van der Waals surface area contributed by atoms with E-state index in [4.69, 9.17) is 9.72 Å². The third-order valence-electron chi connectivity index (χ3n) is 10.9. The molecule has 0 spiro atoms. The number of hydrogen-bond acceptors (Lipinski definition) is 2. The van der Waals surface area contributed by atoms with Gasteiger partial charge in [-0.2, -0.15) is 0 Å². The first-order valence-electron chi connectivity index (χ1n) is 16.5. The van der Waals surface area contributed by atoms with Crippen LogP contribution in [0.4, 0.5) is 0 Å². The van der Waals surface area contributed by atoms with Crippen molar-refractivity contribution in [3.05, 3.63) is 138 Å². The summed E-state index contributed by atoms with van der Waals surface area (Å²) in [4.78, 5) is 4.75. The van der Waals surface area contributed by atoms with Gasteiger partial charge >= 0.3 is 0 Å². The first kappa shape index (κ1) is 30.1. The van der Waals surface area contributed by atoms with Gasteiger partial charge < -0.3 is 26.2 Å². The molecule has 0 amide bonds. The van der Waals surface area contributed by atoms with Crippen LogP contribution in [0.15, 0.2) is 121 Å². The number of hydrogen-bond donors (Lipinski definition) is 0. The molecule has 4 heterocycles. The molecular weight excluding hydrogens is 616 g/mol. The van der Waals surface area contributed by atoms with E-state index in [1.54, 1.807) is 0 Å². The molecule has 0 saturated carbocycles. The second-order valence-electron chi connectivity index (χ2n) is 13.2.